The van der Waals surface area contributed by atoms with Crippen molar-refractivity contribution in [3.05, 3.63) is 17.6 Å². The summed E-state index contributed by atoms with van der Waals surface area (Å²) in [4.78, 5) is 0. The molecular weight excluding hydrogens is 317 g/mol. The smallest absolute Gasteiger partial charge is 0.693 e. The molecule has 0 spiro atoms. The first kappa shape index (κ1) is 102. The molecule has 0 saturated carbocycles. The maximum absolute atomic E-state index is 4.00. The molecule has 27 heavy (non-hydrogen) atoms. The van der Waals surface area contributed by atoms with Crippen molar-refractivity contribution < 1.29 is 56.6 Å². The minimum Gasteiger partial charge on any atom is -0.693 e. The first-order valence-corrected chi connectivity index (χ1v) is 6.62. The molecule has 8 N–H and O–H groups in total. The molecule has 0 atom stereocenters. The molecule has 0 fully saturated rings. The van der Waals surface area contributed by atoms with Crippen molar-refractivity contribution in [2.24, 2.45) is 5.64 Å². The molecule has 0 aromatic heterocycles. The van der Waals surface area contributed by atoms with Crippen molar-refractivity contribution in [2.75, 3.05) is 39.3 Å². The summed E-state index contributed by atoms with van der Waals surface area (Å²) < 4.78 is 0. The van der Waals surface area contributed by atoms with Crippen molar-refractivity contribution in [2.45, 2.75) is 63.8 Å². The van der Waals surface area contributed by atoms with Gasteiger partial charge in [-0.25, -0.2) is 0 Å². The summed E-state index contributed by atoms with van der Waals surface area (Å²) in [5.41, 5.74) is 4.00. The van der Waals surface area contributed by atoms with Gasteiger partial charge in [-0.1, -0.05) is 63.8 Å². The molecule has 6 nitrogen and oxygen atoms in total. The minimum atomic E-state index is 0. The predicted molar refractivity (Wildman–Crippen MR) is 125 cm³/mol. The van der Waals surface area contributed by atoms with Crippen LogP contribution in [0.3, 0.4) is 0 Å². The fraction of sp³-hybridized carbons (Fsp3) is 1.00. The summed E-state index contributed by atoms with van der Waals surface area (Å²) in [6, 6.07) is 0. The molecule has 0 bridgehead atoms. The molecule has 0 aromatic carbocycles. The maximum Gasteiger partial charge on any atom is 1.00 e. The molecule has 0 unspecified atom stereocenters. The number of hydrogen-bond donors (Lipinski definition) is 3. The summed E-state index contributed by atoms with van der Waals surface area (Å²) in [6.45, 7) is 18.8. The summed E-state index contributed by atoms with van der Waals surface area (Å²) in [5, 5.41) is 10.2. The van der Waals surface area contributed by atoms with E-state index in [0.717, 1.165) is 39.3 Å². The van der Waals surface area contributed by atoms with Gasteiger partial charge in [0.15, 0.2) is 7.98 Å². The molecule has 0 aromatic rings. The van der Waals surface area contributed by atoms with Crippen LogP contribution in [0.2, 0.25) is 0 Å². The van der Waals surface area contributed by atoms with E-state index in [-0.39, 0.29) is 108 Å². The summed E-state index contributed by atoms with van der Waals surface area (Å²) in [6.07, 6.45) is 0. The van der Waals surface area contributed by atoms with Gasteiger partial charge in [-0.2, -0.15) is 13.1 Å². The Kier molecular flexibility index (Phi) is 648. The van der Waals surface area contributed by atoms with Crippen LogP contribution >= 0.6 is 0 Å². The largest absolute Gasteiger partial charge is 1.00 e. The molecule has 0 aliphatic rings. The van der Waals surface area contributed by atoms with Gasteiger partial charge in [0.25, 0.3) is 0 Å². The van der Waals surface area contributed by atoms with Crippen LogP contribution in [-0.4, -0.2) is 64.1 Å². The van der Waals surface area contributed by atoms with Crippen LogP contribution in [0.15, 0.2) is 0 Å². The van der Waals surface area contributed by atoms with Crippen LogP contribution in [-0.2, 0) is 0 Å². The monoisotopic (exact) mass is 368 g/mol. The molecule has 152 valence electrons. The molecular formula is C15H50B3Li3N6. The van der Waals surface area contributed by atoms with E-state index in [4.69, 9.17) is 0 Å². The van der Waals surface area contributed by atoms with Crippen LogP contribution in [0.1, 0.15) is 63.8 Å². The topological polar surface area (TPSA) is 131 Å². The van der Waals surface area contributed by atoms with Gasteiger partial charge in [-0.3, -0.25) is 0 Å². The van der Waals surface area contributed by atoms with Crippen molar-refractivity contribution >= 4 is 24.8 Å². The van der Waals surface area contributed by atoms with Gasteiger partial charge in [0.1, 0.15) is 0 Å². The third-order valence-electron chi connectivity index (χ3n) is 1.45. The predicted octanol–water partition coefficient (Wildman–Crippen LogP) is -4.75. The Morgan fingerprint density at radius 1 is 0.593 bits per heavy atom. The fourth-order valence-corrected chi connectivity index (χ4v) is 0.724. The third kappa shape index (κ3) is 306. The van der Waals surface area contributed by atoms with Gasteiger partial charge in [0.2, 0.25) is 0 Å². The van der Waals surface area contributed by atoms with Crippen molar-refractivity contribution in [1.29, 1.82) is 0 Å². The second-order valence-electron chi connectivity index (χ2n) is 2.77. The summed E-state index contributed by atoms with van der Waals surface area (Å²) in [7, 11) is 4.00. The first-order valence-electron chi connectivity index (χ1n) is 6.62. The summed E-state index contributed by atoms with van der Waals surface area (Å²) in [5.74, 6) is 0. The van der Waals surface area contributed by atoms with Crippen molar-refractivity contribution in [3.63, 3.8) is 0 Å². The zero-order chi connectivity index (χ0) is 14.4. The van der Waals surface area contributed by atoms with Gasteiger partial charge in [0, 0.05) is 16.8 Å². The standard InChI is InChI=1S/2C4H11N.C4H10N.3CH4.BH2N.2B.3Li.2H2N/c3*1-3-5-4-2;;;;1-2;;;;;;;/h2*5H,3-4H2,1-2H3;3-4H2,1-2H3;3*1H4;2H2;;;;;;2*1H2/q;;-1;;;;;;;3*+1;2*-1. The van der Waals surface area contributed by atoms with E-state index in [9.17, 15) is 0 Å². The van der Waals surface area contributed by atoms with Crippen LogP contribution in [0.4, 0.5) is 0 Å². The Labute approximate surface area is 217 Å². The molecule has 0 rings (SSSR count). The quantitative estimate of drug-likeness (QED) is 0.407. The molecule has 0 amide bonds. The molecule has 0 heterocycles. The molecule has 0 saturated heterocycles. The number of nitrogens with zero attached hydrogens (tertiary/aromatic N) is 1. The van der Waals surface area contributed by atoms with E-state index in [1.807, 2.05) is 13.8 Å². The Morgan fingerprint density at radius 3 is 0.741 bits per heavy atom. The van der Waals surface area contributed by atoms with Gasteiger partial charge in [0.05, 0.1) is 0 Å². The van der Waals surface area contributed by atoms with Crippen LogP contribution in [0.5, 0.6) is 0 Å². The normalized spacial score (nSPS) is 4.85. The van der Waals surface area contributed by atoms with Gasteiger partial charge < -0.3 is 33.9 Å². The molecule has 0 aliphatic carbocycles. The summed E-state index contributed by atoms with van der Waals surface area (Å²) >= 11 is 0. The van der Waals surface area contributed by atoms with E-state index in [2.05, 4.69) is 57.3 Å². The molecule has 12 heteroatoms. The number of rotatable bonds is 6. The maximum atomic E-state index is 4.00. The Morgan fingerprint density at radius 2 is 0.741 bits per heavy atom. The molecule has 0 aliphatic heterocycles. The van der Waals surface area contributed by atoms with E-state index in [1.54, 1.807) is 0 Å². The first-order chi connectivity index (χ1) is 8.24. The average Bonchev–Trinajstić information content (AvgIpc) is 2.36. The van der Waals surface area contributed by atoms with E-state index in [1.165, 1.54) is 0 Å². The van der Waals surface area contributed by atoms with Crippen molar-refractivity contribution in [3.8, 4) is 0 Å². The van der Waals surface area contributed by atoms with Crippen LogP contribution < -0.4 is 72.9 Å². The number of nitrogens with one attached hydrogen (secondary N) is 2. The minimum absolute atomic E-state index is 0. The van der Waals surface area contributed by atoms with Crippen LogP contribution in [0.25, 0.3) is 17.6 Å². The molecule has 8 radical (unpaired) electrons. The van der Waals surface area contributed by atoms with Gasteiger partial charge in [-0.15, -0.1) is 0 Å². The Hall–Kier alpha value is 1.75. The van der Waals surface area contributed by atoms with E-state index in [0.29, 0.717) is 0 Å². The van der Waals surface area contributed by atoms with E-state index >= 15 is 0 Å². The van der Waals surface area contributed by atoms with Gasteiger partial charge in [-0.05, 0) is 26.2 Å². The third-order valence-corrected chi connectivity index (χ3v) is 1.45. The van der Waals surface area contributed by atoms with Crippen LogP contribution in [0, 0.1) is 0 Å². The average molecular weight is 368 g/mol. The Bertz CT molecular complexity index is 81.6. The zero-order valence-corrected chi connectivity index (χ0v) is 18.2. The second kappa shape index (κ2) is 172. The zero-order valence-electron chi connectivity index (χ0n) is 18.2. The van der Waals surface area contributed by atoms with Crippen molar-refractivity contribution in [1.82, 2.24) is 10.6 Å². The fourth-order valence-electron chi connectivity index (χ4n) is 0.724. The SMILES string of the molecule is C.C.C.CCNCC.CCNCC.CC[N-]CC.[B].[B].[B]N.[Li+].[Li+].[Li+].[NH2-].[NH2-]. The second-order valence-corrected chi connectivity index (χ2v) is 2.77. The number of nitrogens with two attached hydrogens (primary N) is 3. The van der Waals surface area contributed by atoms with Gasteiger partial charge >= 0.3 is 56.6 Å². The Balaban J connectivity index is -0.00000000634. The van der Waals surface area contributed by atoms with E-state index < -0.39 is 0 Å². The number of hydrogen-bond acceptors (Lipinski definition) is 3.